The molecule has 0 saturated carbocycles. The number of carbonyl (C=O) groups is 3. The van der Waals surface area contributed by atoms with Crippen LogP contribution in [0.1, 0.15) is 18.3 Å². The maximum atomic E-state index is 12.5. The van der Waals surface area contributed by atoms with Gasteiger partial charge in [0.25, 0.3) is 5.91 Å². The van der Waals surface area contributed by atoms with Gasteiger partial charge in [-0.15, -0.1) is 0 Å². The first-order chi connectivity index (χ1) is 12.4. The van der Waals surface area contributed by atoms with E-state index in [1.165, 1.54) is 6.20 Å². The molecule has 4 amide bonds. The molecule has 8 heteroatoms. The molecule has 1 aliphatic rings. The van der Waals surface area contributed by atoms with Crippen LogP contribution in [0, 0.1) is 5.92 Å². The van der Waals surface area contributed by atoms with Crippen molar-refractivity contribution in [3.8, 4) is 0 Å². The fraction of sp³-hybridized carbons (Fsp3) is 0.333. The zero-order valence-electron chi connectivity index (χ0n) is 14.7. The summed E-state index contributed by atoms with van der Waals surface area (Å²) in [6, 6.07) is 9.09. The average Bonchev–Trinajstić information content (AvgIpc) is 3.16. The molecule has 1 aromatic heterocycles. The normalized spacial score (nSPS) is 20.4. The number of aromatic nitrogens is 2. The van der Waals surface area contributed by atoms with E-state index in [9.17, 15) is 14.4 Å². The number of urea groups is 1. The van der Waals surface area contributed by atoms with Gasteiger partial charge < -0.3 is 15.2 Å². The van der Waals surface area contributed by atoms with Crippen LogP contribution in [-0.2, 0) is 28.6 Å². The van der Waals surface area contributed by atoms with Gasteiger partial charge in [-0.25, -0.2) is 9.78 Å². The Labute approximate surface area is 151 Å². The first-order valence-electron chi connectivity index (χ1n) is 8.35. The number of rotatable bonds is 6. The van der Waals surface area contributed by atoms with Gasteiger partial charge in [-0.2, -0.15) is 0 Å². The minimum Gasteiger partial charge on any atom is -0.352 e. The number of imidazole rings is 1. The molecule has 0 spiro atoms. The molecule has 0 radical (unpaired) electrons. The lowest BCUT2D eigenvalue weighted by atomic mass is 9.96. The number of carbonyl (C=O) groups excluding carboxylic acids is 3. The lowest BCUT2D eigenvalue weighted by Crippen LogP contribution is -2.54. The first-order valence-corrected chi connectivity index (χ1v) is 8.35. The molecule has 2 aromatic rings. The summed E-state index contributed by atoms with van der Waals surface area (Å²) >= 11 is 0. The third-order valence-corrected chi connectivity index (χ3v) is 4.50. The zero-order valence-corrected chi connectivity index (χ0v) is 14.7. The number of imide groups is 1. The van der Waals surface area contributed by atoms with Crippen LogP contribution < -0.4 is 16.0 Å². The Balaban J connectivity index is 1.72. The van der Waals surface area contributed by atoms with Gasteiger partial charge in [0.05, 0.1) is 6.54 Å². The fourth-order valence-electron chi connectivity index (χ4n) is 3.08. The standard InChI is InChI=1S/C18H21N5O3/c1-12(10-13-6-4-3-5-7-13)14(24)20-11-18(15-19-8-9-23(15)2)16(25)21-17(26)22-18/h3-9,12H,10-11H2,1-2H3,(H,20,24)(H2,21,22,25,26)/t12-,18?/m1/s1. The molecule has 1 saturated heterocycles. The lowest BCUT2D eigenvalue weighted by Gasteiger charge is -2.26. The number of benzene rings is 1. The maximum Gasteiger partial charge on any atom is 0.322 e. The molecule has 3 rings (SSSR count). The predicted octanol–water partition coefficient (Wildman–Crippen LogP) is 0.450. The molecular formula is C18H21N5O3. The van der Waals surface area contributed by atoms with Gasteiger partial charge in [0.2, 0.25) is 5.91 Å². The van der Waals surface area contributed by atoms with Crippen LogP contribution in [0.2, 0.25) is 0 Å². The number of nitrogens with one attached hydrogen (secondary N) is 3. The van der Waals surface area contributed by atoms with Gasteiger partial charge in [0.1, 0.15) is 5.82 Å². The summed E-state index contributed by atoms with van der Waals surface area (Å²) in [5.74, 6) is -0.656. The van der Waals surface area contributed by atoms with Crippen LogP contribution in [0.25, 0.3) is 0 Å². The van der Waals surface area contributed by atoms with E-state index in [0.717, 1.165) is 5.56 Å². The summed E-state index contributed by atoms with van der Waals surface area (Å²) in [5.41, 5.74) is -0.363. The molecule has 136 valence electrons. The highest BCUT2D eigenvalue weighted by Crippen LogP contribution is 2.22. The van der Waals surface area contributed by atoms with E-state index in [-0.39, 0.29) is 18.4 Å². The van der Waals surface area contributed by atoms with Crippen LogP contribution in [0.5, 0.6) is 0 Å². The smallest absolute Gasteiger partial charge is 0.322 e. The van der Waals surface area contributed by atoms with Crippen molar-refractivity contribution >= 4 is 17.8 Å². The van der Waals surface area contributed by atoms with E-state index in [2.05, 4.69) is 20.9 Å². The Morgan fingerprint density at radius 2 is 2.04 bits per heavy atom. The Bertz CT molecular complexity index is 832. The van der Waals surface area contributed by atoms with E-state index in [4.69, 9.17) is 0 Å². The van der Waals surface area contributed by atoms with E-state index >= 15 is 0 Å². The second-order valence-corrected chi connectivity index (χ2v) is 6.48. The number of nitrogens with zero attached hydrogens (tertiary/aromatic N) is 2. The molecular weight excluding hydrogens is 334 g/mol. The van der Waals surface area contributed by atoms with E-state index < -0.39 is 17.5 Å². The number of hydrogen-bond acceptors (Lipinski definition) is 4. The van der Waals surface area contributed by atoms with Gasteiger partial charge in [-0.1, -0.05) is 37.3 Å². The Morgan fingerprint density at radius 3 is 2.62 bits per heavy atom. The quantitative estimate of drug-likeness (QED) is 0.654. The minimum absolute atomic E-state index is 0.0760. The second-order valence-electron chi connectivity index (χ2n) is 6.48. The Kier molecular flexibility index (Phi) is 4.75. The van der Waals surface area contributed by atoms with Gasteiger partial charge >= 0.3 is 6.03 Å². The number of hydrogen-bond donors (Lipinski definition) is 3. The van der Waals surface area contributed by atoms with Crippen LogP contribution in [0.4, 0.5) is 4.79 Å². The van der Waals surface area contributed by atoms with Gasteiger partial charge in [-0.05, 0) is 12.0 Å². The highest BCUT2D eigenvalue weighted by Gasteiger charge is 2.50. The van der Waals surface area contributed by atoms with Gasteiger partial charge in [0, 0.05) is 25.4 Å². The molecule has 1 aliphatic heterocycles. The molecule has 2 atom stereocenters. The van der Waals surface area contributed by atoms with Crippen molar-refractivity contribution in [2.75, 3.05) is 6.54 Å². The monoisotopic (exact) mass is 355 g/mol. The SMILES string of the molecule is C[C@H](Cc1ccccc1)C(=O)NCC1(c2nccn2C)NC(=O)NC1=O. The largest absolute Gasteiger partial charge is 0.352 e. The van der Waals surface area contributed by atoms with Crippen molar-refractivity contribution in [3.05, 3.63) is 54.1 Å². The summed E-state index contributed by atoms with van der Waals surface area (Å²) in [5, 5.41) is 7.61. The molecule has 3 N–H and O–H groups in total. The Morgan fingerprint density at radius 1 is 1.31 bits per heavy atom. The van der Waals surface area contributed by atoms with Crippen molar-refractivity contribution in [3.63, 3.8) is 0 Å². The summed E-state index contributed by atoms with van der Waals surface area (Å²) in [6.45, 7) is 1.75. The van der Waals surface area contributed by atoms with Crippen LogP contribution in [-0.4, -0.2) is 33.9 Å². The third-order valence-electron chi connectivity index (χ3n) is 4.50. The van der Waals surface area contributed by atoms with E-state index in [0.29, 0.717) is 12.2 Å². The van der Waals surface area contributed by atoms with Crippen molar-refractivity contribution in [1.82, 2.24) is 25.5 Å². The molecule has 0 aliphatic carbocycles. The van der Waals surface area contributed by atoms with E-state index in [1.807, 2.05) is 37.3 Å². The molecule has 1 fully saturated rings. The summed E-state index contributed by atoms with van der Waals surface area (Å²) in [7, 11) is 1.72. The van der Waals surface area contributed by atoms with E-state index in [1.54, 1.807) is 17.8 Å². The van der Waals surface area contributed by atoms with Crippen LogP contribution in [0.3, 0.4) is 0 Å². The summed E-state index contributed by atoms with van der Waals surface area (Å²) < 4.78 is 1.64. The minimum atomic E-state index is -1.42. The fourth-order valence-corrected chi connectivity index (χ4v) is 3.08. The highest BCUT2D eigenvalue weighted by molar-refractivity contribution is 6.07. The maximum absolute atomic E-state index is 12.5. The summed E-state index contributed by atoms with van der Waals surface area (Å²) in [6.07, 6.45) is 3.80. The van der Waals surface area contributed by atoms with Crippen LogP contribution >= 0.6 is 0 Å². The Hall–Kier alpha value is -3.16. The zero-order chi connectivity index (χ0) is 18.7. The van der Waals surface area contributed by atoms with Crippen molar-refractivity contribution in [1.29, 1.82) is 0 Å². The topological polar surface area (TPSA) is 105 Å². The average molecular weight is 355 g/mol. The van der Waals surface area contributed by atoms with Crippen molar-refractivity contribution in [2.24, 2.45) is 13.0 Å². The highest BCUT2D eigenvalue weighted by atomic mass is 16.2. The third kappa shape index (κ3) is 3.30. The molecule has 1 aromatic carbocycles. The molecule has 8 nitrogen and oxygen atoms in total. The lowest BCUT2D eigenvalue weighted by molar-refractivity contribution is -0.127. The number of amides is 4. The number of aryl methyl sites for hydroxylation is 1. The van der Waals surface area contributed by atoms with Gasteiger partial charge in [0.15, 0.2) is 5.54 Å². The summed E-state index contributed by atoms with van der Waals surface area (Å²) in [4.78, 5) is 40.8. The van der Waals surface area contributed by atoms with Crippen LogP contribution in [0.15, 0.2) is 42.7 Å². The van der Waals surface area contributed by atoms with Crippen molar-refractivity contribution < 1.29 is 14.4 Å². The molecule has 1 unspecified atom stereocenters. The molecule has 2 heterocycles. The first kappa shape index (κ1) is 17.7. The van der Waals surface area contributed by atoms with Crippen molar-refractivity contribution in [2.45, 2.75) is 18.9 Å². The molecule has 26 heavy (non-hydrogen) atoms. The second kappa shape index (κ2) is 6.99. The van der Waals surface area contributed by atoms with Gasteiger partial charge in [-0.3, -0.25) is 14.9 Å². The molecule has 0 bridgehead atoms. The predicted molar refractivity (Wildman–Crippen MR) is 93.9 cm³/mol.